The van der Waals surface area contributed by atoms with Crippen molar-refractivity contribution < 1.29 is 0 Å². The highest BCUT2D eigenvalue weighted by Crippen LogP contribution is 2.25. The highest BCUT2D eigenvalue weighted by Gasteiger charge is 2.31. The van der Waals surface area contributed by atoms with Gasteiger partial charge >= 0.3 is 0 Å². The summed E-state index contributed by atoms with van der Waals surface area (Å²) in [5, 5.41) is 3.51. The minimum Gasteiger partial charge on any atom is -0.314 e. The molecule has 2 heterocycles. The molecule has 0 aromatic rings. The summed E-state index contributed by atoms with van der Waals surface area (Å²) in [5.74, 6) is 2.74. The number of hydrogen-bond donors (Lipinski definition) is 1. The Hall–Kier alpha value is 0.560. The van der Waals surface area contributed by atoms with Crippen LogP contribution in [0.5, 0.6) is 0 Å². The Balaban J connectivity index is 0.00000112. The lowest BCUT2D eigenvalue weighted by Gasteiger charge is -2.45. The Morgan fingerprint density at radius 3 is 2.13 bits per heavy atom. The number of nitrogens with zero attached hydrogens (tertiary/aromatic N) is 1. The van der Waals surface area contributed by atoms with Gasteiger partial charge in [0, 0.05) is 31.2 Å². The topological polar surface area (TPSA) is 15.3 Å². The van der Waals surface area contributed by atoms with E-state index in [0.717, 1.165) is 18.1 Å². The van der Waals surface area contributed by atoms with Gasteiger partial charge in [-0.1, -0.05) is 0 Å². The smallest absolute Gasteiger partial charge is 0.0198 e. The van der Waals surface area contributed by atoms with Crippen LogP contribution in [0.15, 0.2) is 0 Å². The molecule has 2 nitrogen and oxygen atoms in total. The molecule has 2 rings (SSSR count). The summed E-state index contributed by atoms with van der Waals surface area (Å²) >= 11 is 2.12. The fourth-order valence-corrected chi connectivity index (χ4v) is 3.93. The first kappa shape index (κ1) is 13.6. The Morgan fingerprint density at radius 1 is 1.07 bits per heavy atom. The molecule has 2 unspecified atom stereocenters. The molecule has 2 fully saturated rings. The molecule has 2 atom stereocenters. The highest BCUT2D eigenvalue weighted by molar-refractivity contribution is 7.99. The van der Waals surface area contributed by atoms with Crippen LogP contribution in [-0.2, 0) is 0 Å². The lowest BCUT2D eigenvalue weighted by Crippen LogP contribution is -2.59. The van der Waals surface area contributed by atoms with Gasteiger partial charge in [0.25, 0.3) is 0 Å². The van der Waals surface area contributed by atoms with Gasteiger partial charge in [0.1, 0.15) is 0 Å². The molecule has 0 bridgehead atoms. The van der Waals surface area contributed by atoms with E-state index < -0.39 is 0 Å². The lowest BCUT2D eigenvalue weighted by atomic mass is 10.0. The standard InChI is InChI=1S/C11H22N2S.ClH/c1-9-7-12-8-10(2)13(9)11-3-5-14-6-4-11;/h9-12H,3-8H2,1-2H3;1H. The summed E-state index contributed by atoms with van der Waals surface area (Å²) < 4.78 is 0. The largest absolute Gasteiger partial charge is 0.314 e. The first-order valence-corrected chi connectivity index (χ1v) is 7.00. The van der Waals surface area contributed by atoms with E-state index in [4.69, 9.17) is 0 Å². The third-order valence-electron chi connectivity index (χ3n) is 3.51. The van der Waals surface area contributed by atoms with E-state index in [1.807, 2.05) is 0 Å². The molecule has 15 heavy (non-hydrogen) atoms. The minimum atomic E-state index is 0. The van der Waals surface area contributed by atoms with Crippen LogP contribution >= 0.6 is 24.2 Å². The van der Waals surface area contributed by atoms with Crippen LogP contribution in [0.3, 0.4) is 0 Å². The van der Waals surface area contributed by atoms with Crippen LogP contribution in [0, 0.1) is 0 Å². The second-order valence-corrected chi connectivity index (χ2v) is 5.87. The van der Waals surface area contributed by atoms with E-state index in [-0.39, 0.29) is 12.4 Å². The number of rotatable bonds is 1. The predicted octanol–water partition coefficient (Wildman–Crippen LogP) is 1.99. The fourth-order valence-electron chi connectivity index (χ4n) is 2.85. The molecule has 90 valence electrons. The van der Waals surface area contributed by atoms with Gasteiger partial charge in [0.05, 0.1) is 0 Å². The molecule has 0 spiro atoms. The predicted molar refractivity (Wildman–Crippen MR) is 71.2 cm³/mol. The van der Waals surface area contributed by atoms with Crippen molar-refractivity contribution in [2.75, 3.05) is 24.6 Å². The molecule has 4 heteroatoms. The SMILES string of the molecule is CC1CNCC(C)N1C1CCSCC1.Cl. The number of halogens is 1. The monoisotopic (exact) mass is 250 g/mol. The summed E-state index contributed by atoms with van der Waals surface area (Å²) in [6.07, 6.45) is 2.80. The molecule has 0 aliphatic carbocycles. The van der Waals surface area contributed by atoms with Crippen molar-refractivity contribution in [3.8, 4) is 0 Å². The molecule has 0 saturated carbocycles. The van der Waals surface area contributed by atoms with Gasteiger partial charge < -0.3 is 5.32 Å². The zero-order valence-electron chi connectivity index (χ0n) is 9.74. The molecule has 2 aliphatic rings. The second kappa shape index (κ2) is 6.33. The third kappa shape index (κ3) is 3.26. The van der Waals surface area contributed by atoms with Crippen molar-refractivity contribution in [2.45, 2.75) is 44.8 Å². The fraction of sp³-hybridized carbons (Fsp3) is 1.00. The minimum absolute atomic E-state index is 0. The van der Waals surface area contributed by atoms with Crippen molar-refractivity contribution in [3.63, 3.8) is 0 Å². The van der Waals surface area contributed by atoms with Crippen molar-refractivity contribution in [2.24, 2.45) is 0 Å². The Kier molecular flexibility index (Phi) is 5.75. The summed E-state index contributed by atoms with van der Waals surface area (Å²) in [6, 6.07) is 2.32. The van der Waals surface area contributed by atoms with Crippen LogP contribution in [0.2, 0.25) is 0 Å². The van der Waals surface area contributed by atoms with Crippen LogP contribution in [-0.4, -0.2) is 47.6 Å². The maximum atomic E-state index is 3.51. The number of nitrogens with one attached hydrogen (secondary N) is 1. The molecule has 1 N–H and O–H groups in total. The molecule has 2 saturated heterocycles. The zero-order chi connectivity index (χ0) is 9.97. The lowest BCUT2D eigenvalue weighted by molar-refractivity contribution is 0.0621. The number of thioether (sulfide) groups is 1. The second-order valence-electron chi connectivity index (χ2n) is 4.65. The summed E-state index contributed by atoms with van der Waals surface area (Å²) in [5.41, 5.74) is 0. The van der Waals surface area contributed by atoms with Crippen molar-refractivity contribution in [1.29, 1.82) is 0 Å². The average Bonchev–Trinajstić information content (AvgIpc) is 2.19. The van der Waals surface area contributed by atoms with Gasteiger partial charge in [-0.2, -0.15) is 11.8 Å². The van der Waals surface area contributed by atoms with Gasteiger partial charge in [0.2, 0.25) is 0 Å². The molecule has 0 amide bonds. The van der Waals surface area contributed by atoms with Gasteiger partial charge in [-0.25, -0.2) is 0 Å². The molecule has 0 radical (unpaired) electrons. The van der Waals surface area contributed by atoms with Crippen LogP contribution in [0.4, 0.5) is 0 Å². The van der Waals surface area contributed by atoms with E-state index in [9.17, 15) is 0 Å². The molecule has 0 aromatic heterocycles. The molecular formula is C11H23ClN2S. The van der Waals surface area contributed by atoms with Crippen LogP contribution in [0.25, 0.3) is 0 Å². The van der Waals surface area contributed by atoms with E-state index in [2.05, 4.69) is 35.8 Å². The zero-order valence-corrected chi connectivity index (χ0v) is 11.4. The molecule has 0 aromatic carbocycles. The van der Waals surface area contributed by atoms with Gasteiger partial charge in [-0.3, -0.25) is 4.90 Å². The maximum absolute atomic E-state index is 3.51. The maximum Gasteiger partial charge on any atom is 0.0198 e. The Morgan fingerprint density at radius 2 is 1.60 bits per heavy atom. The first-order chi connectivity index (χ1) is 6.79. The van der Waals surface area contributed by atoms with Gasteiger partial charge in [-0.15, -0.1) is 12.4 Å². The number of piperazine rings is 1. The average molecular weight is 251 g/mol. The van der Waals surface area contributed by atoms with Crippen LogP contribution < -0.4 is 5.32 Å². The summed E-state index contributed by atoms with van der Waals surface area (Å²) in [6.45, 7) is 7.08. The van der Waals surface area contributed by atoms with Crippen molar-refractivity contribution in [3.05, 3.63) is 0 Å². The third-order valence-corrected chi connectivity index (χ3v) is 4.56. The Bertz CT molecular complexity index is 175. The summed E-state index contributed by atoms with van der Waals surface area (Å²) in [4.78, 5) is 2.76. The van der Waals surface area contributed by atoms with E-state index in [1.54, 1.807) is 0 Å². The van der Waals surface area contributed by atoms with E-state index >= 15 is 0 Å². The molecule has 2 aliphatic heterocycles. The highest BCUT2D eigenvalue weighted by atomic mass is 35.5. The number of hydrogen-bond acceptors (Lipinski definition) is 3. The Labute approximate surface area is 104 Å². The van der Waals surface area contributed by atoms with Crippen molar-refractivity contribution >= 4 is 24.2 Å². The summed E-state index contributed by atoms with van der Waals surface area (Å²) in [7, 11) is 0. The van der Waals surface area contributed by atoms with E-state index in [0.29, 0.717) is 0 Å². The normalized spacial score (nSPS) is 34.8. The van der Waals surface area contributed by atoms with Crippen LogP contribution in [0.1, 0.15) is 26.7 Å². The van der Waals surface area contributed by atoms with Gasteiger partial charge in [0.15, 0.2) is 0 Å². The molecular weight excluding hydrogens is 228 g/mol. The van der Waals surface area contributed by atoms with E-state index in [1.165, 1.54) is 37.4 Å². The van der Waals surface area contributed by atoms with Gasteiger partial charge in [-0.05, 0) is 38.2 Å². The van der Waals surface area contributed by atoms with Crippen molar-refractivity contribution in [1.82, 2.24) is 10.2 Å². The first-order valence-electron chi connectivity index (χ1n) is 5.85. The quantitative estimate of drug-likeness (QED) is 0.766.